The summed E-state index contributed by atoms with van der Waals surface area (Å²) in [6.45, 7) is 4.50. The van der Waals surface area contributed by atoms with Gasteiger partial charge in [0.25, 0.3) is 5.91 Å². The maximum atomic E-state index is 13.0. The third-order valence-corrected chi connectivity index (χ3v) is 5.30. The van der Waals surface area contributed by atoms with Crippen molar-refractivity contribution in [2.45, 2.75) is 20.4 Å². The quantitative estimate of drug-likeness (QED) is 0.451. The fraction of sp³-hybridized carbons (Fsp3) is 0.174. The van der Waals surface area contributed by atoms with Gasteiger partial charge in [-0.15, -0.1) is 0 Å². The van der Waals surface area contributed by atoms with Crippen molar-refractivity contribution in [3.8, 4) is 5.69 Å². The fourth-order valence-electron chi connectivity index (χ4n) is 3.49. The number of hydrogen-bond donors (Lipinski definition) is 0. The third-order valence-electron chi connectivity index (χ3n) is 5.09. The van der Waals surface area contributed by atoms with Gasteiger partial charge in [0, 0.05) is 35.8 Å². The van der Waals surface area contributed by atoms with E-state index < -0.39 is 0 Å². The fourth-order valence-corrected chi connectivity index (χ4v) is 3.64. The Kier molecular flexibility index (Phi) is 5.07. The summed E-state index contributed by atoms with van der Waals surface area (Å²) in [5, 5.41) is 6.00. The number of nitrogens with zero attached hydrogens (tertiary/aromatic N) is 4. The molecule has 6 heteroatoms. The van der Waals surface area contributed by atoms with Crippen LogP contribution in [0.1, 0.15) is 27.3 Å². The van der Waals surface area contributed by atoms with E-state index in [4.69, 9.17) is 11.6 Å². The molecule has 0 spiro atoms. The van der Waals surface area contributed by atoms with Crippen molar-refractivity contribution in [3.63, 3.8) is 0 Å². The van der Waals surface area contributed by atoms with E-state index in [2.05, 4.69) is 10.1 Å². The van der Waals surface area contributed by atoms with E-state index in [1.54, 1.807) is 17.0 Å². The largest absolute Gasteiger partial charge is 0.337 e. The molecular formula is C23H21ClN4O. The molecule has 146 valence electrons. The first-order chi connectivity index (χ1) is 13.9. The second kappa shape index (κ2) is 7.68. The molecule has 0 aliphatic heterocycles. The summed E-state index contributed by atoms with van der Waals surface area (Å²) in [4.78, 5) is 19.0. The lowest BCUT2D eigenvalue weighted by Crippen LogP contribution is -2.26. The van der Waals surface area contributed by atoms with Crippen molar-refractivity contribution in [1.82, 2.24) is 19.7 Å². The van der Waals surface area contributed by atoms with Crippen LogP contribution in [0.4, 0.5) is 0 Å². The van der Waals surface area contributed by atoms with Crippen LogP contribution in [-0.2, 0) is 6.54 Å². The van der Waals surface area contributed by atoms with Gasteiger partial charge in [0.2, 0.25) is 0 Å². The molecule has 0 unspecified atom stereocenters. The van der Waals surface area contributed by atoms with Gasteiger partial charge in [0.15, 0.2) is 0 Å². The van der Waals surface area contributed by atoms with E-state index >= 15 is 0 Å². The molecule has 29 heavy (non-hydrogen) atoms. The molecule has 0 radical (unpaired) electrons. The lowest BCUT2D eigenvalue weighted by molar-refractivity contribution is 0.0785. The van der Waals surface area contributed by atoms with Gasteiger partial charge in [-0.25, -0.2) is 9.67 Å². The molecule has 0 saturated carbocycles. The number of carbonyl (C=O) groups excluding carboxylic acids is 1. The van der Waals surface area contributed by atoms with Crippen LogP contribution >= 0.6 is 11.6 Å². The summed E-state index contributed by atoms with van der Waals surface area (Å²) in [5.74, 6) is -0.0480. The molecule has 2 aromatic heterocycles. The Hall–Kier alpha value is -3.18. The SMILES string of the molecule is Cc1nn(-c2ccccc2)c(C)c1CN(C)C(=O)c1ccc2nc(Cl)ccc2c1. The van der Waals surface area contributed by atoms with Gasteiger partial charge in [-0.3, -0.25) is 4.79 Å². The maximum Gasteiger partial charge on any atom is 0.253 e. The van der Waals surface area contributed by atoms with Crippen LogP contribution in [0.2, 0.25) is 5.15 Å². The number of aryl methyl sites for hydroxylation is 1. The highest BCUT2D eigenvalue weighted by molar-refractivity contribution is 6.29. The van der Waals surface area contributed by atoms with Crippen molar-refractivity contribution in [1.29, 1.82) is 0 Å². The van der Waals surface area contributed by atoms with Gasteiger partial charge in [0.1, 0.15) is 5.15 Å². The average Bonchev–Trinajstić information content (AvgIpc) is 3.01. The van der Waals surface area contributed by atoms with Crippen LogP contribution in [0.25, 0.3) is 16.6 Å². The number of halogens is 1. The maximum absolute atomic E-state index is 13.0. The Morgan fingerprint density at radius 1 is 1.07 bits per heavy atom. The van der Waals surface area contributed by atoms with Gasteiger partial charge >= 0.3 is 0 Å². The van der Waals surface area contributed by atoms with Gasteiger partial charge in [-0.1, -0.05) is 29.8 Å². The highest BCUT2D eigenvalue weighted by Gasteiger charge is 2.18. The van der Waals surface area contributed by atoms with Crippen LogP contribution in [0.15, 0.2) is 60.7 Å². The van der Waals surface area contributed by atoms with Crippen molar-refractivity contribution in [2.24, 2.45) is 0 Å². The van der Waals surface area contributed by atoms with E-state index in [-0.39, 0.29) is 5.91 Å². The molecule has 0 bridgehead atoms. The Labute approximate surface area is 174 Å². The minimum absolute atomic E-state index is 0.0480. The first-order valence-corrected chi connectivity index (χ1v) is 9.74. The summed E-state index contributed by atoms with van der Waals surface area (Å²) in [7, 11) is 1.81. The predicted molar refractivity (Wildman–Crippen MR) is 116 cm³/mol. The van der Waals surface area contributed by atoms with Gasteiger partial charge in [-0.05, 0) is 56.3 Å². The second-order valence-corrected chi connectivity index (χ2v) is 7.49. The van der Waals surface area contributed by atoms with Crippen molar-refractivity contribution >= 4 is 28.4 Å². The molecule has 4 aromatic rings. The smallest absolute Gasteiger partial charge is 0.253 e. The van der Waals surface area contributed by atoms with Crippen LogP contribution < -0.4 is 0 Å². The molecule has 1 amide bonds. The Balaban J connectivity index is 1.59. The molecule has 5 nitrogen and oxygen atoms in total. The zero-order valence-corrected chi connectivity index (χ0v) is 17.3. The zero-order valence-electron chi connectivity index (χ0n) is 16.6. The first kappa shape index (κ1) is 19.2. The highest BCUT2D eigenvalue weighted by atomic mass is 35.5. The lowest BCUT2D eigenvalue weighted by Gasteiger charge is -2.18. The molecule has 0 aliphatic carbocycles. The molecule has 0 N–H and O–H groups in total. The molecule has 4 rings (SSSR count). The van der Waals surface area contributed by atoms with E-state index in [1.807, 2.05) is 74.1 Å². The number of aromatic nitrogens is 3. The van der Waals surface area contributed by atoms with Crippen molar-refractivity contribution in [3.05, 3.63) is 88.3 Å². The second-order valence-electron chi connectivity index (χ2n) is 7.10. The number of pyridine rings is 1. The van der Waals surface area contributed by atoms with Crippen LogP contribution in [0.5, 0.6) is 0 Å². The Morgan fingerprint density at radius 2 is 1.83 bits per heavy atom. The number of carbonyl (C=O) groups is 1. The Bertz CT molecular complexity index is 1200. The molecule has 0 saturated heterocycles. The summed E-state index contributed by atoms with van der Waals surface area (Å²) in [6, 6.07) is 19.1. The van der Waals surface area contributed by atoms with Gasteiger partial charge in [-0.2, -0.15) is 5.10 Å². The van der Waals surface area contributed by atoms with Crippen LogP contribution in [0, 0.1) is 13.8 Å². The van der Waals surface area contributed by atoms with E-state index in [9.17, 15) is 4.79 Å². The molecule has 0 aliphatic rings. The zero-order chi connectivity index (χ0) is 20.5. The van der Waals surface area contributed by atoms with E-state index in [1.165, 1.54) is 0 Å². The van der Waals surface area contributed by atoms with E-state index in [0.717, 1.165) is 33.5 Å². The summed E-state index contributed by atoms with van der Waals surface area (Å²) in [5.41, 5.74) is 5.41. The lowest BCUT2D eigenvalue weighted by atomic mass is 10.1. The van der Waals surface area contributed by atoms with Gasteiger partial charge in [0.05, 0.1) is 16.9 Å². The number of para-hydroxylation sites is 1. The molecule has 2 heterocycles. The predicted octanol–water partition coefficient (Wildman–Crippen LogP) is 4.96. The number of amides is 1. The topological polar surface area (TPSA) is 51.0 Å². The van der Waals surface area contributed by atoms with Crippen LogP contribution in [0.3, 0.4) is 0 Å². The molecular weight excluding hydrogens is 384 g/mol. The number of hydrogen-bond acceptors (Lipinski definition) is 3. The van der Waals surface area contributed by atoms with Crippen LogP contribution in [-0.4, -0.2) is 32.6 Å². The summed E-state index contributed by atoms with van der Waals surface area (Å²) < 4.78 is 1.93. The van der Waals surface area contributed by atoms with E-state index in [0.29, 0.717) is 17.3 Å². The standard InChI is InChI=1S/C23H21ClN4O/c1-15-20(16(2)28(26-15)19-7-5-4-6-8-19)14-27(3)23(29)18-9-11-21-17(13-18)10-12-22(24)25-21/h4-13H,14H2,1-3H3. The third kappa shape index (κ3) is 3.74. The molecule has 0 fully saturated rings. The minimum Gasteiger partial charge on any atom is -0.337 e. The first-order valence-electron chi connectivity index (χ1n) is 9.36. The number of fused-ring (bicyclic) bond motifs is 1. The minimum atomic E-state index is -0.0480. The highest BCUT2D eigenvalue weighted by Crippen LogP contribution is 2.21. The molecule has 0 atom stereocenters. The number of benzene rings is 2. The summed E-state index contributed by atoms with van der Waals surface area (Å²) in [6.07, 6.45) is 0. The number of rotatable bonds is 4. The van der Waals surface area contributed by atoms with Crippen molar-refractivity contribution in [2.75, 3.05) is 7.05 Å². The monoisotopic (exact) mass is 404 g/mol. The van der Waals surface area contributed by atoms with Crippen molar-refractivity contribution < 1.29 is 4.79 Å². The van der Waals surface area contributed by atoms with Gasteiger partial charge < -0.3 is 4.90 Å². The summed E-state index contributed by atoms with van der Waals surface area (Å²) >= 11 is 5.94. The normalized spacial score (nSPS) is 11.0. The average molecular weight is 405 g/mol. The Morgan fingerprint density at radius 3 is 2.59 bits per heavy atom. The molecule has 2 aromatic carbocycles.